The SMILES string of the molecule is Cc1c(C(Cc2ccc(F)cc2Cl)C(N)=O)cnn1-c1ccccc1. The number of rotatable bonds is 5. The summed E-state index contributed by atoms with van der Waals surface area (Å²) in [5.74, 6) is -1.49. The summed E-state index contributed by atoms with van der Waals surface area (Å²) in [6, 6.07) is 13.7. The second-order valence-electron chi connectivity index (χ2n) is 5.83. The first-order chi connectivity index (χ1) is 12.0. The van der Waals surface area contributed by atoms with Gasteiger partial charge in [-0.2, -0.15) is 5.10 Å². The summed E-state index contributed by atoms with van der Waals surface area (Å²) in [7, 11) is 0. The van der Waals surface area contributed by atoms with Gasteiger partial charge in [0.2, 0.25) is 5.91 Å². The molecule has 2 aromatic carbocycles. The highest BCUT2D eigenvalue weighted by Gasteiger charge is 2.24. The highest BCUT2D eigenvalue weighted by molar-refractivity contribution is 6.31. The topological polar surface area (TPSA) is 60.9 Å². The Morgan fingerprint density at radius 2 is 2.00 bits per heavy atom. The number of hydrogen-bond acceptors (Lipinski definition) is 2. The van der Waals surface area contributed by atoms with Crippen LogP contribution in [-0.4, -0.2) is 15.7 Å². The van der Waals surface area contributed by atoms with Crippen molar-refractivity contribution in [3.63, 3.8) is 0 Å². The lowest BCUT2D eigenvalue weighted by Crippen LogP contribution is -2.24. The lowest BCUT2D eigenvalue weighted by atomic mass is 9.91. The number of amides is 1. The van der Waals surface area contributed by atoms with Crippen LogP contribution < -0.4 is 5.73 Å². The number of nitrogens with zero attached hydrogens (tertiary/aromatic N) is 2. The molecule has 0 saturated heterocycles. The van der Waals surface area contributed by atoms with E-state index in [1.165, 1.54) is 12.1 Å². The first kappa shape index (κ1) is 17.2. The predicted molar refractivity (Wildman–Crippen MR) is 95.4 cm³/mol. The second kappa shape index (κ2) is 7.07. The predicted octanol–water partition coefficient (Wildman–Crippen LogP) is 3.78. The molecule has 0 saturated carbocycles. The molecule has 0 aliphatic carbocycles. The van der Waals surface area contributed by atoms with E-state index in [0.29, 0.717) is 5.56 Å². The van der Waals surface area contributed by atoms with Crippen molar-refractivity contribution >= 4 is 17.5 Å². The summed E-state index contributed by atoms with van der Waals surface area (Å²) in [6.45, 7) is 1.89. The number of para-hydroxylation sites is 1. The number of hydrogen-bond donors (Lipinski definition) is 1. The zero-order valence-corrected chi connectivity index (χ0v) is 14.4. The minimum atomic E-state index is -0.597. The molecule has 1 amide bonds. The van der Waals surface area contributed by atoms with Gasteiger partial charge in [0.05, 0.1) is 17.8 Å². The van der Waals surface area contributed by atoms with E-state index in [1.807, 2.05) is 37.3 Å². The molecule has 128 valence electrons. The quantitative estimate of drug-likeness (QED) is 0.755. The molecule has 2 N–H and O–H groups in total. The van der Waals surface area contributed by atoms with Gasteiger partial charge in [-0.25, -0.2) is 9.07 Å². The van der Waals surface area contributed by atoms with E-state index in [4.69, 9.17) is 17.3 Å². The number of benzene rings is 2. The fourth-order valence-corrected chi connectivity index (χ4v) is 3.11. The number of carbonyl (C=O) groups excluding carboxylic acids is 1. The molecule has 0 aliphatic rings. The van der Waals surface area contributed by atoms with Crippen LogP contribution in [0.1, 0.15) is 22.7 Å². The summed E-state index contributed by atoms with van der Waals surface area (Å²) in [5.41, 5.74) is 8.74. The average Bonchev–Trinajstić information content (AvgIpc) is 2.96. The maximum Gasteiger partial charge on any atom is 0.225 e. The smallest absolute Gasteiger partial charge is 0.225 e. The number of primary amides is 1. The van der Waals surface area contributed by atoms with E-state index in [0.717, 1.165) is 16.9 Å². The molecule has 1 unspecified atom stereocenters. The lowest BCUT2D eigenvalue weighted by Gasteiger charge is -2.15. The molecule has 25 heavy (non-hydrogen) atoms. The van der Waals surface area contributed by atoms with Crippen molar-refractivity contribution in [2.75, 3.05) is 0 Å². The Labute approximate surface area is 150 Å². The molecule has 0 fully saturated rings. The van der Waals surface area contributed by atoms with Crippen LogP contribution >= 0.6 is 11.6 Å². The van der Waals surface area contributed by atoms with Crippen LogP contribution in [0, 0.1) is 12.7 Å². The average molecular weight is 358 g/mol. The van der Waals surface area contributed by atoms with Gasteiger partial charge >= 0.3 is 0 Å². The van der Waals surface area contributed by atoms with Gasteiger partial charge in [0.15, 0.2) is 0 Å². The lowest BCUT2D eigenvalue weighted by molar-refractivity contribution is -0.119. The van der Waals surface area contributed by atoms with E-state index >= 15 is 0 Å². The summed E-state index contributed by atoms with van der Waals surface area (Å²) >= 11 is 6.09. The van der Waals surface area contributed by atoms with Crippen LogP contribution in [0.4, 0.5) is 4.39 Å². The van der Waals surface area contributed by atoms with Crippen molar-refractivity contribution in [3.05, 3.63) is 82.4 Å². The molecule has 0 spiro atoms. The normalized spacial score (nSPS) is 12.1. The molecule has 4 nitrogen and oxygen atoms in total. The minimum Gasteiger partial charge on any atom is -0.369 e. The monoisotopic (exact) mass is 357 g/mol. The molecule has 0 radical (unpaired) electrons. The Balaban J connectivity index is 1.97. The number of nitrogens with two attached hydrogens (primary N) is 1. The molecule has 1 atom stereocenters. The van der Waals surface area contributed by atoms with E-state index in [1.54, 1.807) is 16.9 Å². The Hall–Kier alpha value is -2.66. The summed E-state index contributed by atoms with van der Waals surface area (Å²) in [4.78, 5) is 12.0. The van der Waals surface area contributed by atoms with Crippen LogP contribution in [0.25, 0.3) is 5.69 Å². The van der Waals surface area contributed by atoms with Gasteiger partial charge in [-0.05, 0) is 43.2 Å². The molecule has 0 bridgehead atoms. The van der Waals surface area contributed by atoms with E-state index in [9.17, 15) is 9.18 Å². The molecule has 1 heterocycles. The fraction of sp³-hybridized carbons (Fsp3) is 0.158. The van der Waals surface area contributed by atoms with Gasteiger partial charge in [-0.3, -0.25) is 4.79 Å². The van der Waals surface area contributed by atoms with Crippen molar-refractivity contribution in [1.29, 1.82) is 0 Å². The molecular formula is C19H17ClFN3O. The first-order valence-corrected chi connectivity index (χ1v) is 8.18. The van der Waals surface area contributed by atoms with Crippen LogP contribution in [0.5, 0.6) is 0 Å². The number of halogens is 2. The maximum atomic E-state index is 13.2. The summed E-state index contributed by atoms with van der Waals surface area (Å²) in [5, 5.41) is 4.66. The Morgan fingerprint density at radius 3 is 2.64 bits per heavy atom. The first-order valence-electron chi connectivity index (χ1n) is 7.80. The fourth-order valence-electron chi connectivity index (χ4n) is 2.86. The van der Waals surface area contributed by atoms with Gasteiger partial charge in [0.25, 0.3) is 0 Å². The molecule has 0 aliphatic heterocycles. The van der Waals surface area contributed by atoms with Crippen molar-refractivity contribution < 1.29 is 9.18 Å². The van der Waals surface area contributed by atoms with Gasteiger partial charge < -0.3 is 5.73 Å². The largest absolute Gasteiger partial charge is 0.369 e. The molecule has 3 aromatic rings. The second-order valence-corrected chi connectivity index (χ2v) is 6.23. The third-order valence-electron chi connectivity index (χ3n) is 4.21. The van der Waals surface area contributed by atoms with Gasteiger partial charge in [-0.1, -0.05) is 35.9 Å². The summed E-state index contributed by atoms with van der Waals surface area (Å²) < 4.78 is 15.0. The highest BCUT2D eigenvalue weighted by atomic mass is 35.5. The molecule has 3 rings (SSSR count). The van der Waals surface area contributed by atoms with Crippen molar-refractivity contribution in [3.8, 4) is 5.69 Å². The van der Waals surface area contributed by atoms with Gasteiger partial charge in [0.1, 0.15) is 5.82 Å². The zero-order chi connectivity index (χ0) is 18.0. The molecule has 1 aromatic heterocycles. The Kier molecular flexibility index (Phi) is 4.86. The molecule has 6 heteroatoms. The van der Waals surface area contributed by atoms with Crippen molar-refractivity contribution in [2.24, 2.45) is 5.73 Å². The van der Waals surface area contributed by atoms with Crippen LogP contribution in [0.2, 0.25) is 5.02 Å². The van der Waals surface area contributed by atoms with Crippen molar-refractivity contribution in [2.45, 2.75) is 19.3 Å². The Morgan fingerprint density at radius 1 is 1.28 bits per heavy atom. The van der Waals surface area contributed by atoms with E-state index in [2.05, 4.69) is 5.10 Å². The van der Waals surface area contributed by atoms with E-state index in [-0.39, 0.29) is 11.4 Å². The standard InChI is InChI=1S/C19H17ClFN3O/c1-12-17(11-23-24(12)15-5-3-2-4-6-15)16(19(22)25)9-13-7-8-14(21)10-18(13)20/h2-8,10-11,16H,9H2,1H3,(H2,22,25). The third-order valence-corrected chi connectivity index (χ3v) is 4.56. The van der Waals surface area contributed by atoms with Crippen molar-refractivity contribution in [1.82, 2.24) is 9.78 Å². The van der Waals surface area contributed by atoms with Gasteiger partial charge in [0, 0.05) is 16.3 Å². The number of aromatic nitrogens is 2. The Bertz CT molecular complexity index is 908. The maximum absolute atomic E-state index is 13.2. The van der Waals surface area contributed by atoms with Gasteiger partial charge in [-0.15, -0.1) is 0 Å². The highest BCUT2D eigenvalue weighted by Crippen LogP contribution is 2.28. The van der Waals surface area contributed by atoms with E-state index < -0.39 is 17.6 Å². The van der Waals surface area contributed by atoms with Crippen LogP contribution in [0.15, 0.2) is 54.7 Å². The third kappa shape index (κ3) is 3.56. The number of carbonyl (C=O) groups is 1. The van der Waals surface area contributed by atoms with Crippen LogP contribution in [-0.2, 0) is 11.2 Å². The minimum absolute atomic E-state index is 0.277. The zero-order valence-electron chi connectivity index (χ0n) is 13.6. The van der Waals surface area contributed by atoms with Crippen LogP contribution in [0.3, 0.4) is 0 Å². The summed E-state index contributed by atoms with van der Waals surface area (Å²) in [6.07, 6.45) is 1.94. The molecular weight excluding hydrogens is 341 g/mol.